The van der Waals surface area contributed by atoms with Gasteiger partial charge in [-0.25, -0.2) is 4.39 Å². The van der Waals surface area contributed by atoms with Crippen molar-refractivity contribution in [1.29, 1.82) is 0 Å². The average molecular weight is 150 g/mol. The number of aliphatic hydroxyl groups is 1. The Balaban J connectivity index is 2.41. The van der Waals surface area contributed by atoms with Crippen molar-refractivity contribution < 1.29 is 9.50 Å². The highest BCUT2D eigenvalue weighted by Gasteiger charge is 2.33. The highest BCUT2D eigenvalue weighted by atomic mass is 32.2. The molecule has 0 spiro atoms. The van der Waals surface area contributed by atoms with Crippen LogP contribution in [0.25, 0.3) is 0 Å². The zero-order chi connectivity index (χ0) is 6.85. The molecule has 1 N–H and O–H groups in total. The minimum atomic E-state index is -0.986. The lowest BCUT2D eigenvalue weighted by molar-refractivity contribution is 0.0968. The molecule has 0 aromatic carbocycles. The van der Waals surface area contributed by atoms with Crippen LogP contribution in [0.1, 0.15) is 13.3 Å². The molecule has 0 bridgehead atoms. The molecule has 0 amide bonds. The van der Waals surface area contributed by atoms with Crippen molar-refractivity contribution >= 4 is 11.8 Å². The van der Waals surface area contributed by atoms with Gasteiger partial charge in [0.05, 0.1) is 6.10 Å². The van der Waals surface area contributed by atoms with Crippen LogP contribution >= 0.6 is 11.8 Å². The van der Waals surface area contributed by atoms with Crippen LogP contribution in [-0.4, -0.2) is 28.4 Å². The average Bonchev–Trinajstić information content (AvgIpc) is 2.15. The Morgan fingerprint density at radius 1 is 1.78 bits per heavy atom. The first-order valence-corrected chi connectivity index (χ1v) is 4.24. The molecule has 1 rings (SSSR count). The van der Waals surface area contributed by atoms with Gasteiger partial charge in [-0.2, -0.15) is 11.8 Å². The van der Waals surface area contributed by atoms with E-state index < -0.39 is 12.3 Å². The maximum Gasteiger partial charge on any atom is 0.136 e. The van der Waals surface area contributed by atoms with Crippen LogP contribution in [0.3, 0.4) is 0 Å². The Labute approximate surface area is 58.6 Å². The molecular weight excluding hydrogens is 139 g/mol. The second kappa shape index (κ2) is 2.88. The first-order valence-electron chi connectivity index (χ1n) is 3.19. The van der Waals surface area contributed by atoms with Gasteiger partial charge >= 0.3 is 0 Å². The Bertz CT molecular complexity index is 99.1. The maximum absolute atomic E-state index is 12.5. The number of alkyl halides is 1. The third-order valence-electron chi connectivity index (χ3n) is 1.62. The molecule has 1 fully saturated rings. The molecular formula is C6H11FOS. The molecule has 0 aromatic rings. The summed E-state index contributed by atoms with van der Waals surface area (Å²) >= 11 is 1.53. The fourth-order valence-electron chi connectivity index (χ4n) is 1.00. The van der Waals surface area contributed by atoms with Crippen molar-refractivity contribution in [2.45, 2.75) is 30.9 Å². The number of halogens is 1. The molecule has 1 saturated heterocycles. The number of aliphatic hydroxyl groups excluding tert-OH is 1. The first kappa shape index (κ1) is 7.35. The highest BCUT2D eigenvalue weighted by Crippen LogP contribution is 2.30. The van der Waals surface area contributed by atoms with E-state index in [1.54, 1.807) is 0 Å². The van der Waals surface area contributed by atoms with E-state index in [9.17, 15) is 4.39 Å². The van der Waals surface area contributed by atoms with E-state index in [2.05, 4.69) is 0 Å². The smallest absolute Gasteiger partial charge is 0.136 e. The number of hydrogen-bond acceptors (Lipinski definition) is 2. The lowest BCUT2D eigenvalue weighted by Gasteiger charge is -2.10. The van der Waals surface area contributed by atoms with E-state index in [-0.39, 0.29) is 5.25 Å². The normalized spacial score (nSPS) is 43.7. The van der Waals surface area contributed by atoms with Crippen molar-refractivity contribution in [2.75, 3.05) is 5.75 Å². The highest BCUT2D eigenvalue weighted by molar-refractivity contribution is 8.00. The van der Waals surface area contributed by atoms with Crippen LogP contribution < -0.4 is 0 Å². The predicted molar refractivity (Wildman–Crippen MR) is 37.4 cm³/mol. The van der Waals surface area contributed by atoms with Gasteiger partial charge in [0.2, 0.25) is 0 Å². The second-order valence-electron chi connectivity index (χ2n) is 2.29. The SMILES string of the molecule is CC[C@H]1SC[C@@H](F)[C@@H]1O. The summed E-state index contributed by atoms with van der Waals surface area (Å²) in [6.07, 6.45) is -0.827. The van der Waals surface area contributed by atoms with Gasteiger partial charge in [-0.05, 0) is 6.42 Å². The monoisotopic (exact) mass is 150 g/mol. The van der Waals surface area contributed by atoms with Crippen LogP contribution in [0.5, 0.6) is 0 Å². The van der Waals surface area contributed by atoms with Gasteiger partial charge in [0.15, 0.2) is 0 Å². The molecule has 0 saturated carbocycles. The van der Waals surface area contributed by atoms with E-state index in [0.29, 0.717) is 5.75 Å². The summed E-state index contributed by atoms with van der Waals surface area (Å²) in [7, 11) is 0. The fraction of sp³-hybridized carbons (Fsp3) is 1.00. The van der Waals surface area contributed by atoms with Crippen LogP contribution in [0.15, 0.2) is 0 Å². The lowest BCUT2D eigenvalue weighted by Crippen LogP contribution is -2.25. The Morgan fingerprint density at radius 2 is 2.44 bits per heavy atom. The maximum atomic E-state index is 12.5. The molecule has 0 aliphatic carbocycles. The zero-order valence-electron chi connectivity index (χ0n) is 5.38. The molecule has 0 aromatic heterocycles. The third-order valence-corrected chi connectivity index (χ3v) is 3.17. The van der Waals surface area contributed by atoms with Crippen LogP contribution in [0.4, 0.5) is 4.39 Å². The van der Waals surface area contributed by atoms with Crippen molar-refractivity contribution in [3.05, 3.63) is 0 Å². The standard InChI is InChI=1S/C6H11FOS/c1-2-5-6(8)4(7)3-9-5/h4-6,8H,2-3H2,1H3/t4-,5-,6+/m1/s1. The summed E-state index contributed by atoms with van der Waals surface area (Å²) in [4.78, 5) is 0. The minimum absolute atomic E-state index is 0.139. The van der Waals surface area contributed by atoms with E-state index in [4.69, 9.17) is 5.11 Å². The van der Waals surface area contributed by atoms with Gasteiger partial charge < -0.3 is 5.11 Å². The largest absolute Gasteiger partial charge is 0.389 e. The summed E-state index contributed by atoms with van der Waals surface area (Å²) in [5, 5.41) is 9.20. The molecule has 54 valence electrons. The molecule has 3 atom stereocenters. The lowest BCUT2D eigenvalue weighted by atomic mass is 10.1. The van der Waals surface area contributed by atoms with E-state index in [1.165, 1.54) is 11.8 Å². The number of hydrogen-bond donors (Lipinski definition) is 1. The predicted octanol–water partition coefficient (Wildman–Crippen LogP) is 1.21. The molecule has 9 heavy (non-hydrogen) atoms. The third kappa shape index (κ3) is 1.38. The Hall–Kier alpha value is 0.240. The molecule has 0 radical (unpaired) electrons. The van der Waals surface area contributed by atoms with E-state index in [1.807, 2.05) is 6.92 Å². The van der Waals surface area contributed by atoms with Crippen molar-refractivity contribution in [3.63, 3.8) is 0 Å². The van der Waals surface area contributed by atoms with Gasteiger partial charge in [0.1, 0.15) is 6.17 Å². The van der Waals surface area contributed by atoms with E-state index >= 15 is 0 Å². The molecule has 1 nitrogen and oxygen atoms in total. The molecule has 1 aliphatic heterocycles. The summed E-state index contributed by atoms with van der Waals surface area (Å²) in [5.41, 5.74) is 0. The Morgan fingerprint density at radius 3 is 2.67 bits per heavy atom. The van der Waals surface area contributed by atoms with Gasteiger partial charge in [-0.15, -0.1) is 0 Å². The van der Waals surface area contributed by atoms with Gasteiger partial charge in [-0.1, -0.05) is 6.92 Å². The van der Waals surface area contributed by atoms with Crippen molar-refractivity contribution in [2.24, 2.45) is 0 Å². The quantitative estimate of drug-likeness (QED) is 0.606. The van der Waals surface area contributed by atoms with Gasteiger partial charge in [0, 0.05) is 11.0 Å². The zero-order valence-corrected chi connectivity index (χ0v) is 6.20. The van der Waals surface area contributed by atoms with Crippen LogP contribution in [0, 0.1) is 0 Å². The summed E-state index contributed by atoms with van der Waals surface area (Å²) in [6, 6.07) is 0. The second-order valence-corrected chi connectivity index (χ2v) is 3.56. The summed E-state index contributed by atoms with van der Waals surface area (Å²) < 4.78 is 12.5. The van der Waals surface area contributed by atoms with Crippen LogP contribution in [0.2, 0.25) is 0 Å². The number of thioether (sulfide) groups is 1. The first-order chi connectivity index (χ1) is 4.25. The van der Waals surface area contributed by atoms with E-state index in [0.717, 1.165) is 6.42 Å². The van der Waals surface area contributed by atoms with Gasteiger partial charge in [-0.3, -0.25) is 0 Å². The Kier molecular flexibility index (Phi) is 2.35. The topological polar surface area (TPSA) is 20.2 Å². The minimum Gasteiger partial charge on any atom is -0.389 e. The summed E-state index contributed by atoms with van der Waals surface area (Å²) in [6.45, 7) is 1.97. The van der Waals surface area contributed by atoms with Crippen molar-refractivity contribution in [3.8, 4) is 0 Å². The van der Waals surface area contributed by atoms with Crippen LogP contribution in [-0.2, 0) is 0 Å². The fourth-order valence-corrected chi connectivity index (χ4v) is 2.24. The molecule has 1 heterocycles. The summed E-state index contributed by atoms with van der Waals surface area (Å²) in [5.74, 6) is 0.472. The number of rotatable bonds is 1. The van der Waals surface area contributed by atoms with Gasteiger partial charge in [0.25, 0.3) is 0 Å². The van der Waals surface area contributed by atoms with Crippen molar-refractivity contribution in [1.82, 2.24) is 0 Å². The molecule has 1 aliphatic rings. The molecule has 3 heteroatoms. The molecule has 0 unspecified atom stereocenters.